The van der Waals surface area contributed by atoms with Crippen LogP contribution in [-0.2, 0) is 27.8 Å². The average Bonchev–Trinajstić information content (AvgIpc) is 3.27. The molecular formula is C20H24ClN3O3S2. The van der Waals surface area contributed by atoms with Gasteiger partial charge in [0.1, 0.15) is 0 Å². The summed E-state index contributed by atoms with van der Waals surface area (Å²) >= 11 is 6.90. The topological polar surface area (TPSA) is 92.5 Å². The van der Waals surface area contributed by atoms with Crippen molar-refractivity contribution < 1.29 is 13.2 Å². The number of aryl methyl sites for hydroxylation is 1. The van der Waals surface area contributed by atoms with E-state index < -0.39 is 10.0 Å². The number of anilines is 1. The van der Waals surface area contributed by atoms with E-state index in [9.17, 15) is 13.2 Å². The van der Waals surface area contributed by atoms with Crippen LogP contribution in [0.2, 0.25) is 4.34 Å². The van der Waals surface area contributed by atoms with Crippen LogP contribution in [-0.4, -0.2) is 27.4 Å². The maximum Gasteiger partial charge on any atom is 0.231 e. The van der Waals surface area contributed by atoms with Gasteiger partial charge in [0.2, 0.25) is 15.9 Å². The van der Waals surface area contributed by atoms with Crippen molar-refractivity contribution in [2.75, 3.05) is 18.0 Å². The molecule has 0 atom stereocenters. The molecule has 156 valence electrons. The van der Waals surface area contributed by atoms with Gasteiger partial charge in [0.25, 0.3) is 0 Å². The quantitative estimate of drug-likeness (QED) is 0.744. The Balaban J connectivity index is 0.000000177. The van der Waals surface area contributed by atoms with Crippen LogP contribution in [0.25, 0.3) is 6.08 Å². The Hall–Kier alpha value is -1.71. The summed E-state index contributed by atoms with van der Waals surface area (Å²) in [6.07, 6.45) is 4.19. The standard InChI is InChI=1S/C14H18N2O.C6H6ClNO2S2/c1-10-7-12-9-15-5-4-11(12)8-13(10)16-6-2-3-14(16)17;7-6-2-1-5(11-6)3-4-12(8,9)10/h7-8,15H,2-6,9H2,1H3;1-4H,(H2,8,9,10)/b;4-3+. The molecule has 0 saturated carbocycles. The number of nitrogens with two attached hydrogens (primary N) is 1. The van der Waals surface area contributed by atoms with Gasteiger partial charge in [-0.15, -0.1) is 11.3 Å². The first kappa shape index (κ1) is 22.0. The monoisotopic (exact) mass is 453 g/mol. The maximum atomic E-state index is 11.8. The van der Waals surface area contributed by atoms with Gasteiger partial charge in [-0.3, -0.25) is 4.79 Å². The normalized spacial score (nSPS) is 16.7. The summed E-state index contributed by atoms with van der Waals surface area (Å²) in [5, 5.41) is 9.07. The SMILES string of the molecule is Cc1cc2c(cc1N1CCCC1=O)CCNC2.NS(=O)(=O)/C=C/c1ccc(Cl)s1. The van der Waals surface area contributed by atoms with Crippen molar-refractivity contribution in [2.45, 2.75) is 32.7 Å². The van der Waals surface area contributed by atoms with Gasteiger partial charge in [-0.25, -0.2) is 13.6 Å². The van der Waals surface area contributed by atoms with E-state index in [1.165, 1.54) is 34.1 Å². The Morgan fingerprint density at radius 3 is 2.66 bits per heavy atom. The van der Waals surface area contributed by atoms with E-state index in [1.807, 2.05) is 4.90 Å². The molecule has 6 nitrogen and oxygen atoms in total. The highest BCUT2D eigenvalue weighted by Crippen LogP contribution is 2.29. The van der Waals surface area contributed by atoms with Gasteiger partial charge in [-0.2, -0.15) is 0 Å². The van der Waals surface area contributed by atoms with Crippen molar-refractivity contribution in [3.8, 4) is 0 Å². The first-order valence-electron chi connectivity index (χ1n) is 9.32. The van der Waals surface area contributed by atoms with Gasteiger partial charge in [0.15, 0.2) is 0 Å². The molecule has 1 fully saturated rings. The summed E-state index contributed by atoms with van der Waals surface area (Å²) in [5.41, 5.74) is 5.16. The van der Waals surface area contributed by atoms with E-state index in [4.69, 9.17) is 16.7 Å². The van der Waals surface area contributed by atoms with E-state index in [1.54, 1.807) is 12.1 Å². The van der Waals surface area contributed by atoms with Crippen LogP contribution in [0.4, 0.5) is 5.69 Å². The Morgan fingerprint density at radius 1 is 1.24 bits per heavy atom. The van der Waals surface area contributed by atoms with E-state index in [-0.39, 0.29) is 5.91 Å². The second kappa shape index (κ2) is 9.40. The highest BCUT2D eigenvalue weighted by Gasteiger charge is 2.24. The molecule has 0 bridgehead atoms. The van der Waals surface area contributed by atoms with Crippen molar-refractivity contribution in [1.29, 1.82) is 0 Å². The Morgan fingerprint density at radius 2 is 2.03 bits per heavy atom. The third kappa shape index (κ3) is 6.13. The molecule has 0 unspecified atom stereocenters. The van der Waals surface area contributed by atoms with Gasteiger partial charge in [0, 0.05) is 35.5 Å². The molecule has 1 saturated heterocycles. The summed E-state index contributed by atoms with van der Waals surface area (Å²) in [6.45, 7) is 5.00. The molecule has 9 heteroatoms. The number of sulfonamides is 1. The van der Waals surface area contributed by atoms with Crippen molar-refractivity contribution in [3.05, 3.63) is 55.6 Å². The lowest BCUT2D eigenvalue weighted by Crippen LogP contribution is -2.27. The molecule has 1 aromatic heterocycles. The van der Waals surface area contributed by atoms with Crippen LogP contribution < -0.4 is 15.4 Å². The van der Waals surface area contributed by atoms with Gasteiger partial charge in [0.05, 0.1) is 4.34 Å². The van der Waals surface area contributed by atoms with Gasteiger partial charge >= 0.3 is 0 Å². The minimum Gasteiger partial charge on any atom is -0.312 e. The summed E-state index contributed by atoms with van der Waals surface area (Å²) < 4.78 is 21.6. The number of carbonyl (C=O) groups is 1. The lowest BCUT2D eigenvalue weighted by molar-refractivity contribution is -0.117. The summed E-state index contributed by atoms with van der Waals surface area (Å²) in [6, 6.07) is 7.88. The third-order valence-corrected chi connectivity index (χ3v) is 6.50. The van der Waals surface area contributed by atoms with Gasteiger partial charge in [-0.1, -0.05) is 17.7 Å². The number of fused-ring (bicyclic) bond motifs is 1. The predicted molar refractivity (Wildman–Crippen MR) is 120 cm³/mol. The molecule has 29 heavy (non-hydrogen) atoms. The first-order chi connectivity index (χ1) is 13.7. The average molecular weight is 454 g/mol. The molecule has 3 N–H and O–H groups in total. The van der Waals surface area contributed by atoms with Gasteiger partial charge in [-0.05, 0) is 67.3 Å². The number of nitrogens with zero attached hydrogens (tertiary/aromatic N) is 1. The van der Waals surface area contributed by atoms with Crippen molar-refractivity contribution >= 4 is 50.6 Å². The van der Waals surface area contributed by atoms with E-state index in [0.717, 1.165) is 48.4 Å². The molecule has 2 aromatic rings. The highest BCUT2D eigenvalue weighted by molar-refractivity contribution is 7.92. The second-order valence-electron chi connectivity index (χ2n) is 7.02. The maximum absolute atomic E-state index is 11.8. The zero-order valence-electron chi connectivity index (χ0n) is 16.2. The zero-order chi connectivity index (χ0) is 21.0. The minimum absolute atomic E-state index is 0.280. The molecule has 4 rings (SSSR count). The third-order valence-electron chi connectivity index (χ3n) is 4.78. The fraction of sp³-hybridized carbons (Fsp3) is 0.350. The number of nitrogens with one attached hydrogen (secondary N) is 1. The smallest absolute Gasteiger partial charge is 0.231 e. The summed E-state index contributed by atoms with van der Waals surface area (Å²) in [4.78, 5) is 14.5. The van der Waals surface area contributed by atoms with Crippen LogP contribution >= 0.6 is 22.9 Å². The largest absolute Gasteiger partial charge is 0.312 e. The second-order valence-corrected chi connectivity index (χ2v) is 10.2. The molecule has 1 amide bonds. The van der Waals surface area contributed by atoms with Crippen LogP contribution in [0.3, 0.4) is 0 Å². The number of amides is 1. The molecule has 2 aliphatic heterocycles. The minimum atomic E-state index is -3.53. The number of rotatable bonds is 3. The Kier molecular flexibility index (Phi) is 7.13. The van der Waals surface area contributed by atoms with Gasteiger partial charge < -0.3 is 10.2 Å². The molecule has 0 radical (unpaired) electrons. The van der Waals surface area contributed by atoms with Crippen molar-refractivity contribution in [1.82, 2.24) is 5.32 Å². The number of hydrogen-bond acceptors (Lipinski definition) is 5. The fourth-order valence-corrected chi connectivity index (χ4v) is 4.80. The first-order valence-corrected chi connectivity index (χ1v) is 12.1. The number of hydrogen-bond donors (Lipinski definition) is 2. The number of thiophene rings is 1. The number of halogens is 1. The fourth-order valence-electron chi connectivity index (χ4n) is 3.42. The number of benzene rings is 1. The molecule has 2 aliphatic rings. The Bertz CT molecular complexity index is 1030. The predicted octanol–water partition coefficient (Wildman–Crippen LogP) is 3.43. The van der Waals surface area contributed by atoms with Crippen molar-refractivity contribution in [3.63, 3.8) is 0 Å². The van der Waals surface area contributed by atoms with Crippen LogP contribution in [0.5, 0.6) is 0 Å². The lowest BCUT2D eigenvalue weighted by atomic mass is 9.97. The lowest BCUT2D eigenvalue weighted by Gasteiger charge is -2.24. The number of carbonyl (C=O) groups excluding carboxylic acids is 1. The summed E-state index contributed by atoms with van der Waals surface area (Å²) in [5.74, 6) is 0.280. The Labute approximate surface area is 180 Å². The highest BCUT2D eigenvalue weighted by atomic mass is 35.5. The van der Waals surface area contributed by atoms with Crippen LogP contribution in [0, 0.1) is 6.92 Å². The molecule has 0 aliphatic carbocycles. The zero-order valence-corrected chi connectivity index (χ0v) is 18.5. The molecule has 1 aromatic carbocycles. The van der Waals surface area contributed by atoms with Crippen LogP contribution in [0.1, 0.15) is 34.4 Å². The molecule has 3 heterocycles. The van der Waals surface area contributed by atoms with Crippen LogP contribution in [0.15, 0.2) is 29.7 Å². The van der Waals surface area contributed by atoms with E-state index >= 15 is 0 Å². The molecule has 0 spiro atoms. The van der Waals surface area contributed by atoms with E-state index in [2.05, 4.69) is 24.4 Å². The summed E-state index contributed by atoms with van der Waals surface area (Å²) in [7, 11) is -3.53. The van der Waals surface area contributed by atoms with E-state index in [0.29, 0.717) is 10.8 Å². The van der Waals surface area contributed by atoms with Crippen molar-refractivity contribution in [2.24, 2.45) is 5.14 Å². The molecular weight excluding hydrogens is 430 g/mol. The number of primary sulfonamides is 1.